The van der Waals surface area contributed by atoms with Crippen LogP contribution in [0.25, 0.3) is 0 Å². The van der Waals surface area contributed by atoms with E-state index in [4.69, 9.17) is 0 Å². The van der Waals surface area contributed by atoms with Crippen molar-refractivity contribution in [3.63, 3.8) is 0 Å². The molecule has 5 nitrogen and oxygen atoms in total. The van der Waals surface area contributed by atoms with Gasteiger partial charge < -0.3 is 4.55 Å². The summed E-state index contributed by atoms with van der Waals surface area (Å²) in [4.78, 5) is 2.18. The predicted octanol–water partition coefficient (Wildman–Crippen LogP) is 5.51. The van der Waals surface area contributed by atoms with Crippen molar-refractivity contribution < 1.29 is 17.5 Å². The molecule has 3 aromatic rings. The lowest BCUT2D eigenvalue weighted by atomic mass is 9.92. The molecule has 184 valence electrons. The van der Waals surface area contributed by atoms with Crippen molar-refractivity contribution >= 4 is 22.1 Å². The Bertz CT molecular complexity index is 1290. The van der Waals surface area contributed by atoms with Crippen LogP contribution in [0, 0.1) is 0 Å². The average molecular weight is 491 g/mol. The monoisotopic (exact) mass is 490 g/mol. The molecule has 0 bridgehead atoms. The van der Waals surface area contributed by atoms with Gasteiger partial charge in [-0.05, 0) is 23.5 Å². The van der Waals surface area contributed by atoms with E-state index in [-0.39, 0.29) is 10.9 Å². The Balaban J connectivity index is 1.79. The van der Waals surface area contributed by atoms with Gasteiger partial charge in [0.25, 0.3) is 0 Å². The second-order valence-electron chi connectivity index (χ2n) is 9.94. The molecule has 0 saturated carbocycles. The van der Waals surface area contributed by atoms with Gasteiger partial charge in [-0.3, -0.25) is 4.58 Å². The van der Waals surface area contributed by atoms with Crippen molar-refractivity contribution in [2.45, 2.75) is 63.4 Å². The van der Waals surface area contributed by atoms with E-state index in [1.54, 1.807) is 18.2 Å². The third-order valence-electron chi connectivity index (χ3n) is 6.70. The zero-order valence-corrected chi connectivity index (χ0v) is 21.7. The molecule has 1 atom stereocenters. The maximum absolute atomic E-state index is 11.9. The fraction of sp³-hybridized carbons (Fsp3) is 0.345. The van der Waals surface area contributed by atoms with Gasteiger partial charge in [-0.2, -0.15) is 0 Å². The van der Waals surface area contributed by atoms with E-state index in [0.29, 0.717) is 23.9 Å². The molecule has 1 aliphatic heterocycles. The third-order valence-corrected chi connectivity index (χ3v) is 7.64. The van der Waals surface area contributed by atoms with Crippen molar-refractivity contribution in [1.29, 1.82) is 0 Å². The Hall–Kier alpha value is -2.96. The summed E-state index contributed by atoms with van der Waals surface area (Å²) < 4.78 is 38.0. The highest BCUT2D eigenvalue weighted by atomic mass is 32.2. The molecule has 0 N–H and O–H groups in total. The summed E-state index contributed by atoms with van der Waals surface area (Å²) in [6, 6.07) is 23.5. The Morgan fingerprint density at radius 3 is 2.09 bits per heavy atom. The number of anilines is 1. The summed E-state index contributed by atoms with van der Waals surface area (Å²) in [5.41, 5.74) is 5.59. The molecule has 0 amide bonds. The maximum atomic E-state index is 11.9. The first kappa shape index (κ1) is 25.1. The van der Waals surface area contributed by atoms with Gasteiger partial charge >= 0.3 is 0 Å². The maximum Gasteiger partial charge on any atom is 0.240 e. The topological polar surface area (TPSA) is 63.5 Å². The standard InChI is InChI=1S/C29H34N2O3S/c1-21(2)26-14-10-15-27(22(3)4)29(26)31-19-25(17-23-11-6-5-7-12-23)30(20-31)18-24-13-8-9-16-28(24)35(32,33)34/h5-16,20-22,25H,17-19H2,1-4H3/t25-/m0/s1. The number of rotatable bonds is 8. The zero-order chi connectivity index (χ0) is 25.2. The minimum atomic E-state index is -4.56. The number of hydrogen-bond acceptors (Lipinski definition) is 4. The molecule has 1 aliphatic rings. The fourth-order valence-corrected chi connectivity index (χ4v) is 5.66. The smallest absolute Gasteiger partial charge is 0.240 e. The van der Waals surface area contributed by atoms with Crippen LogP contribution in [-0.2, 0) is 23.1 Å². The van der Waals surface area contributed by atoms with Gasteiger partial charge in [0.05, 0.1) is 4.90 Å². The van der Waals surface area contributed by atoms with Crippen LogP contribution in [0.4, 0.5) is 5.69 Å². The number of nitrogens with zero attached hydrogens (tertiary/aromatic N) is 2. The van der Waals surface area contributed by atoms with Crippen LogP contribution >= 0.6 is 0 Å². The molecule has 0 spiro atoms. The van der Waals surface area contributed by atoms with Crippen LogP contribution in [0.2, 0.25) is 0 Å². The molecule has 0 radical (unpaired) electrons. The molecule has 0 aromatic heterocycles. The van der Waals surface area contributed by atoms with Gasteiger partial charge in [-0.15, -0.1) is 0 Å². The molecule has 0 aliphatic carbocycles. The van der Waals surface area contributed by atoms with E-state index < -0.39 is 10.1 Å². The van der Waals surface area contributed by atoms with Crippen LogP contribution in [-0.4, -0.2) is 36.5 Å². The Labute approximate surface area is 209 Å². The van der Waals surface area contributed by atoms with Crippen molar-refractivity contribution in [3.05, 3.63) is 95.1 Å². The van der Waals surface area contributed by atoms with E-state index >= 15 is 0 Å². The molecule has 0 fully saturated rings. The summed E-state index contributed by atoms with van der Waals surface area (Å²) in [7, 11) is -4.56. The molecular formula is C29H34N2O3S. The van der Waals surface area contributed by atoms with E-state index in [0.717, 1.165) is 13.0 Å². The van der Waals surface area contributed by atoms with Gasteiger partial charge in [-0.1, -0.05) is 94.4 Å². The average Bonchev–Trinajstić information content (AvgIpc) is 3.20. The normalized spacial score (nSPS) is 16.3. The Morgan fingerprint density at radius 2 is 1.49 bits per heavy atom. The second-order valence-corrected chi connectivity index (χ2v) is 11.3. The molecular weight excluding hydrogens is 456 g/mol. The molecule has 0 unspecified atom stereocenters. The molecule has 1 heterocycles. The fourth-order valence-electron chi connectivity index (χ4n) is 4.96. The lowest BCUT2D eigenvalue weighted by Crippen LogP contribution is -2.30. The van der Waals surface area contributed by atoms with Crippen LogP contribution in [0.15, 0.2) is 77.7 Å². The first-order valence-corrected chi connectivity index (χ1v) is 13.6. The predicted molar refractivity (Wildman–Crippen MR) is 140 cm³/mol. The molecule has 35 heavy (non-hydrogen) atoms. The lowest BCUT2D eigenvalue weighted by Gasteiger charge is -2.21. The molecule has 0 saturated heterocycles. The molecule has 6 heteroatoms. The zero-order valence-electron chi connectivity index (χ0n) is 20.9. The van der Waals surface area contributed by atoms with Gasteiger partial charge in [0.2, 0.25) is 6.34 Å². The SMILES string of the molecule is CC(C)c1cccc(C(C)C)c1N1C=[N+](Cc2ccccc2S(=O)(=O)[O-])[C@@H](Cc2ccccc2)C1. The highest BCUT2D eigenvalue weighted by molar-refractivity contribution is 7.85. The van der Waals surface area contributed by atoms with E-state index in [9.17, 15) is 13.0 Å². The van der Waals surface area contributed by atoms with Crippen molar-refractivity contribution in [1.82, 2.24) is 0 Å². The first-order valence-electron chi connectivity index (χ1n) is 12.2. The van der Waals surface area contributed by atoms with E-state index in [1.807, 2.05) is 18.2 Å². The van der Waals surface area contributed by atoms with E-state index in [1.165, 1.54) is 28.4 Å². The Morgan fingerprint density at radius 1 is 0.886 bits per heavy atom. The molecule has 3 aromatic carbocycles. The van der Waals surface area contributed by atoms with Gasteiger partial charge in [0.1, 0.15) is 34.9 Å². The van der Waals surface area contributed by atoms with Crippen LogP contribution < -0.4 is 4.90 Å². The minimum Gasteiger partial charge on any atom is -0.744 e. The lowest BCUT2D eigenvalue weighted by molar-refractivity contribution is -0.567. The molecule has 4 rings (SSSR count). The third kappa shape index (κ3) is 5.65. The number of benzene rings is 3. The summed E-state index contributed by atoms with van der Waals surface area (Å²) in [6.45, 7) is 10.00. The van der Waals surface area contributed by atoms with Crippen LogP contribution in [0.1, 0.15) is 61.8 Å². The van der Waals surface area contributed by atoms with Crippen molar-refractivity contribution in [2.24, 2.45) is 0 Å². The van der Waals surface area contributed by atoms with Gasteiger partial charge in [0.15, 0.2) is 0 Å². The second kappa shape index (κ2) is 10.3. The first-order chi connectivity index (χ1) is 16.6. The van der Waals surface area contributed by atoms with Crippen molar-refractivity contribution in [2.75, 3.05) is 11.4 Å². The summed E-state index contributed by atoms with van der Waals surface area (Å²) in [5.74, 6) is 0.732. The van der Waals surface area contributed by atoms with E-state index in [2.05, 4.69) is 73.8 Å². The number of para-hydroxylation sites is 1. The summed E-state index contributed by atoms with van der Waals surface area (Å²) in [5, 5.41) is 0. The number of hydrogen-bond donors (Lipinski definition) is 0. The highest BCUT2D eigenvalue weighted by Gasteiger charge is 2.35. The highest BCUT2D eigenvalue weighted by Crippen LogP contribution is 2.36. The van der Waals surface area contributed by atoms with Gasteiger partial charge in [-0.25, -0.2) is 13.3 Å². The largest absolute Gasteiger partial charge is 0.744 e. The van der Waals surface area contributed by atoms with Crippen LogP contribution in [0.3, 0.4) is 0 Å². The quantitative estimate of drug-likeness (QED) is 0.309. The van der Waals surface area contributed by atoms with Crippen LogP contribution in [0.5, 0.6) is 0 Å². The van der Waals surface area contributed by atoms with Crippen molar-refractivity contribution in [3.8, 4) is 0 Å². The minimum absolute atomic E-state index is 0.125. The van der Waals surface area contributed by atoms with Gasteiger partial charge in [0, 0.05) is 23.1 Å². The Kier molecular flexibility index (Phi) is 7.43. The summed E-state index contributed by atoms with van der Waals surface area (Å²) in [6.07, 6.45) is 2.94. The summed E-state index contributed by atoms with van der Waals surface area (Å²) >= 11 is 0.